The lowest BCUT2D eigenvalue weighted by molar-refractivity contribution is 0.0951. The molecule has 0 unspecified atom stereocenters. The van der Waals surface area contributed by atoms with Gasteiger partial charge in [0.25, 0.3) is 5.91 Å². The zero-order chi connectivity index (χ0) is 16.4. The number of carbonyl (C=O) groups excluding carboxylic acids is 1. The number of ether oxygens (including phenoxy) is 2. The smallest absolute Gasteiger partial charge is 0.251 e. The van der Waals surface area contributed by atoms with Crippen LogP contribution in [0.5, 0.6) is 11.5 Å². The lowest BCUT2D eigenvalue weighted by atomic mass is 10.1. The highest BCUT2D eigenvalue weighted by Gasteiger charge is 2.25. The number of anilines is 1. The average molecular weight is 324 g/mol. The molecule has 0 radical (unpaired) electrons. The highest BCUT2D eigenvalue weighted by atomic mass is 16.7. The zero-order valence-corrected chi connectivity index (χ0v) is 13.4. The highest BCUT2D eigenvalue weighted by molar-refractivity contribution is 5.95. The van der Waals surface area contributed by atoms with Crippen molar-refractivity contribution in [2.45, 2.75) is 18.9 Å². The summed E-state index contributed by atoms with van der Waals surface area (Å²) in [6, 6.07) is 16.0. The van der Waals surface area contributed by atoms with Gasteiger partial charge in [-0.3, -0.25) is 4.79 Å². The lowest BCUT2D eigenvalue weighted by Gasteiger charge is -2.27. The second-order valence-electron chi connectivity index (χ2n) is 6.10. The van der Waals surface area contributed by atoms with Gasteiger partial charge in [0, 0.05) is 30.4 Å². The van der Waals surface area contributed by atoms with E-state index in [-0.39, 0.29) is 12.7 Å². The molecule has 2 aromatic carbocycles. The molecule has 2 heterocycles. The minimum absolute atomic E-state index is 0.0757. The van der Waals surface area contributed by atoms with Crippen LogP contribution in [0, 0.1) is 0 Å². The van der Waals surface area contributed by atoms with Crippen LogP contribution in [-0.2, 0) is 0 Å². The third-order valence-electron chi connectivity index (χ3n) is 4.60. The fourth-order valence-corrected chi connectivity index (χ4v) is 3.36. The zero-order valence-electron chi connectivity index (χ0n) is 13.4. The summed E-state index contributed by atoms with van der Waals surface area (Å²) in [6.45, 7) is 1.89. The highest BCUT2D eigenvalue weighted by Crippen LogP contribution is 2.32. The van der Waals surface area contributed by atoms with E-state index in [0.717, 1.165) is 19.4 Å². The van der Waals surface area contributed by atoms with Crippen LogP contribution in [-0.4, -0.2) is 31.8 Å². The van der Waals surface area contributed by atoms with Crippen LogP contribution in [0.25, 0.3) is 0 Å². The van der Waals surface area contributed by atoms with E-state index in [1.165, 1.54) is 5.69 Å². The van der Waals surface area contributed by atoms with Gasteiger partial charge >= 0.3 is 0 Å². The molecule has 1 fully saturated rings. The molecule has 1 atom stereocenters. The maximum atomic E-state index is 12.4. The van der Waals surface area contributed by atoms with Crippen LogP contribution in [0.2, 0.25) is 0 Å². The Balaban J connectivity index is 1.40. The quantitative estimate of drug-likeness (QED) is 0.939. The van der Waals surface area contributed by atoms with Gasteiger partial charge in [-0.15, -0.1) is 0 Å². The van der Waals surface area contributed by atoms with Crippen LogP contribution in [0.1, 0.15) is 23.2 Å². The van der Waals surface area contributed by atoms with E-state index in [4.69, 9.17) is 9.47 Å². The number of para-hydroxylation sites is 1. The lowest BCUT2D eigenvalue weighted by Crippen LogP contribution is -2.40. The van der Waals surface area contributed by atoms with Gasteiger partial charge in [-0.1, -0.05) is 18.2 Å². The first-order valence-corrected chi connectivity index (χ1v) is 8.31. The molecule has 5 nitrogen and oxygen atoms in total. The second kappa shape index (κ2) is 6.43. The van der Waals surface area contributed by atoms with E-state index in [0.29, 0.717) is 29.6 Å². The Labute approximate surface area is 141 Å². The van der Waals surface area contributed by atoms with Crippen LogP contribution in [0.15, 0.2) is 48.5 Å². The summed E-state index contributed by atoms with van der Waals surface area (Å²) in [6.07, 6.45) is 2.25. The number of benzene rings is 2. The number of hydrogen-bond acceptors (Lipinski definition) is 4. The summed E-state index contributed by atoms with van der Waals surface area (Å²) in [7, 11) is 0. The molecule has 0 bridgehead atoms. The standard InChI is InChI=1S/C19H20N2O3/c22-19(14-8-9-17-18(11-14)24-13-23-17)20-12-16-7-4-10-21(16)15-5-2-1-3-6-15/h1-3,5-6,8-9,11,16H,4,7,10,12-13H2,(H,20,22)/t16-/m0/s1. The molecular formula is C19H20N2O3. The predicted octanol–water partition coefficient (Wildman–Crippen LogP) is 2.81. The topological polar surface area (TPSA) is 50.8 Å². The molecule has 24 heavy (non-hydrogen) atoms. The fourth-order valence-electron chi connectivity index (χ4n) is 3.36. The number of carbonyl (C=O) groups is 1. The third-order valence-corrected chi connectivity index (χ3v) is 4.60. The minimum atomic E-state index is -0.0757. The Hall–Kier alpha value is -2.69. The molecule has 2 aliphatic heterocycles. The summed E-state index contributed by atoms with van der Waals surface area (Å²) in [5, 5.41) is 3.05. The van der Waals surface area contributed by atoms with Gasteiger partial charge < -0.3 is 19.7 Å². The molecule has 5 heteroatoms. The summed E-state index contributed by atoms with van der Waals surface area (Å²) >= 11 is 0. The van der Waals surface area contributed by atoms with Crippen molar-refractivity contribution in [1.82, 2.24) is 5.32 Å². The molecule has 0 aromatic heterocycles. The van der Waals surface area contributed by atoms with E-state index in [9.17, 15) is 4.79 Å². The van der Waals surface area contributed by atoms with Crippen molar-refractivity contribution >= 4 is 11.6 Å². The molecule has 4 rings (SSSR count). The van der Waals surface area contributed by atoms with Gasteiger partial charge in [0.05, 0.1) is 0 Å². The molecule has 2 aromatic rings. The minimum Gasteiger partial charge on any atom is -0.454 e. The summed E-state index contributed by atoms with van der Waals surface area (Å²) in [4.78, 5) is 14.8. The molecule has 0 spiro atoms. The van der Waals surface area contributed by atoms with Crippen LogP contribution in [0.3, 0.4) is 0 Å². The van der Waals surface area contributed by atoms with Crippen LogP contribution >= 0.6 is 0 Å². The van der Waals surface area contributed by atoms with Crippen molar-refractivity contribution in [2.75, 3.05) is 24.8 Å². The number of nitrogens with zero attached hydrogens (tertiary/aromatic N) is 1. The molecule has 124 valence electrons. The first-order valence-electron chi connectivity index (χ1n) is 8.31. The van der Waals surface area contributed by atoms with Crippen molar-refractivity contribution < 1.29 is 14.3 Å². The SMILES string of the molecule is O=C(NC[C@@H]1CCCN1c1ccccc1)c1ccc2c(c1)OCO2. The third kappa shape index (κ3) is 2.89. The number of nitrogens with one attached hydrogen (secondary N) is 1. The van der Waals surface area contributed by atoms with E-state index in [1.54, 1.807) is 18.2 Å². The van der Waals surface area contributed by atoms with Crippen molar-refractivity contribution in [3.8, 4) is 11.5 Å². The largest absolute Gasteiger partial charge is 0.454 e. The van der Waals surface area contributed by atoms with Gasteiger partial charge in [-0.2, -0.15) is 0 Å². The second-order valence-corrected chi connectivity index (χ2v) is 6.10. The molecule has 1 saturated heterocycles. The number of hydrogen-bond donors (Lipinski definition) is 1. The van der Waals surface area contributed by atoms with Crippen molar-refractivity contribution in [3.05, 3.63) is 54.1 Å². The Morgan fingerprint density at radius 1 is 1.12 bits per heavy atom. The molecule has 0 aliphatic carbocycles. The normalized spacial score (nSPS) is 18.7. The summed E-state index contributed by atoms with van der Waals surface area (Å²) in [5.41, 5.74) is 1.82. The maximum Gasteiger partial charge on any atom is 0.251 e. The average Bonchev–Trinajstić information content (AvgIpc) is 3.28. The molecule has 1 N–H and O–H groups in total. The first-order chi connectivity index (χ1) is 11.8. The van der Waals surface area contributed by atoms with Gasteiger partial charge in [0.2, 0.25) is 6.79 Å². The van der Waals surface area contributed by atoms with E-state index in [1.807, 2.05) is 6.07 Å². The molecule has 2 aliphatic rings. The Morgan fingerprint density at radius 3 is 2.83 bits per heavy atom. The number of amides is 1. The number of fused-ring (bicyclic) bond motifs is 1. The van der Waals surface area contributed by atoms with Crippen LogP contribution in [0.4, 0.5) is 5.69 Å². The number of rotatable bonds is 4. The van der Waals surface area contributed by atoms with Gasteiger partial charge in [0.1, 0.15) is 0 Å². The maximum absolute atomic E-state index is 12.4. The molecular weight excluding hydrogens is 304 g/mol. The summed E-state index contributed by atoms with van der Waals surface area (Å²) < 4.78 is 10.6. The Bertz CT molecular complexity index is 733. The monoisotopic (exact) mass is 324 g/mol. The van der Waals surface area contributed by atoms with Crippen molar-refractivity contribution in [2.24, 2.45) is 0 Å². The van der Waals surface area contributed by atoms with Gasteiger partial charge in [-0.05, 0) is 43.2 Å². The molecule has 0 saturated carbocycles. The first kappa shape index (κ1) is 14.9. The van der Waals surface area contributed by atoms with Crippen molar-refractivity contribution in [1.29, 1.82) is 0 Å². The van der Waals surface area contributed by atoms with Gasteiger partial charge in [-0.25, -0.2) is 0 Å². The van der Waals surface area contributed by atoms with E-state index in [2.05, 4.69) is 34.5 Å². The van der Waals surface area contributed by atoms with E-state index >= 15 is 0 Å². The molecule has 1 amide bonds. The van der Waals surface area contributed by atoms with E-state index < -0.39 is 0 Å². The van der Waals surface area contributed by atoms with Crippen molar-refractivity contribution in [3.63, 3.8) is 0 Å². The summed E-state index contributed by atoms with van der Waals surface area (Å²) in [5.74, 6) is 1.25. The fraction of sp³-hybridized carbons (Fsp3) is 0.316. The Kier molecular flexibility index (Phi) is 3.99. The predicted molar refractivity (Wildman–Crippen MR) is 91.7 cm³/mol. The van der Waals surface area contributed by atoms with Gasteiger partial charge in [0.15, 0.2) is 11.5 Å². The Morgan fingerprint density at radius 2 is 1.96 bits per heavy atom. The van der Waals surface area contributed by atoms with Crippen LogP contribution < -0.4 is 19.7 Å².